The molecule has 1 aliphatic rings. The maximum Gasteiger partial charge on any atom is 0.0576 e. The van der Waals surface area contributed by atoms with Crippen LogP contribution < -0.4 is 11.1 Å². The number of thioether (sulfide) groups is 1. The minimum absolute atomic E-state index is 0.574. The second kappa shape index (κ2) is 4.13. The Kier molecular flexibility index (Phi) is 2.87. The average molecular weight is 208 g/mol. The topological polar surface area (TPSA) is 38.0 Å². The van der Waals surface area contributed by atoms with Crippen LogP contribution in [0, 0.1) is 0 Å². The maximum absolute atomic E-state index is 5.87. The van der Waals surface area contributed by atoms with Crippen LogP contribution in [0.2, 0.25) is 0 Å². The van der Waals surface area contributed by atoms with Gasteiger partial charge in [0.2, 0.25) is 0 Å². The van der Waals surface area contributed by atoms with E-state index in [1.54, 1.807) is 0 Å². The highest BCUT2D eigenvalue weighted by atomic mass is 32.2. The smallest absolute Gasteiger partial charge is 0.0576 e. The quantitative estimate of drug-likeness (QED) is 0.734. The average Bonchev–Trinajstić information content (AvgIpc) is 2.56. The molecule has 0 amide bonds. The van der Waals surface area contributed by atoms with Gasteiger partial charge in [0.15, 0.2) is 0 Å². The number of nitrogens with two attached hydrogens (primary N) is 1. The van der Waals surface area contributed by atoms with Crippen LogP contribution in [0.1, 0.15) is 13.3 Å². The molecule has 1 aromatic rings. The largest absolute Gasteiger partial charge is 0.397 e. The molecule has 1 aliphatic heterocycles. The fraction of sp³-hybridized carbons (Fsp3) is 0.455. The molecular formula is C11H16N2S. The van der Waals surface area contributed by atoms with Gasteiger partial charge in [0, 0.05) is 11.3 Å². The van der Waals surface area contributed by atoms with Crippen molar-refractivity contribution in [3.8, 4) is 0 Å². The first-order valence-electron chi connectivity index (χ1n) is 5.00. The fourth-order valence-corrected chi connectivity index (χ4v) is 2.95. The Morgan fingerprint density at radius 3 is 2.86 bits per heavy atom. The van der Waals surface area contributed by atoms with E-state index in [4.69, 9.17) is 5.73 Å². The molecule has 1 saturated heterocycles. The Balaban J connectivity index is 2.07. The predicted octanol–water partition coefficient (Wildman–Crippen LogP) is 2.57. The van der Waals surface area contributed by atoms with Crippen molar-refractivity contribution in [3.05, 3.63) is 24.3 Å². The molecule has 2 unspecified atom stereocenters. The van der Waals surface area contributed by atoms with Gasteiger partial charge in [-0.15, -0.1) is 0 Å². The molecule has 0 bridgehead atoms. The molecule has 1 fully saturated rings. The lowest BCUT2D eigenvalue weighted by Crippen LogP contribution is -2.25. The Bertz CT molecular complexity index is 314. The molecule has 2 rings (SSSR count). The molecule has 1 heterocycles. The van der Waals surface area contributed by atoms with Crippen molar-refractivity contribution in [3.63, 3.8) is 0 Å². The fourth-order valence-electron chi connectivity index (χ4n) is 1.75. The van der Waals surface area contributed by atoms with Crippen LogP contribution >= 0.6 is 11.8 Å². The van der Waals surface area contributed by atoms with Crippen molar-refractivity contribution >= 4 is 23.1 Å². The zero-order valence-corrected chi connectivity index (χ0v) is 9.18. The second-order valence-corrected chi connectivity index (χ2v) is 5.19. The molecule has 3 N–H and O–H groups in total. The first kappa shape index (κ1) is 9.71. The van der Waals surface area contributed by atoms with Crippen LogP contribution in [0.3, 0.4) is 0 Å². The van der Waals surface area contributed by atoms with E-state index in [9.17, 15) is 0 Å². The highest BCUT2D eigenvalue weighted by Crippen LogP contribution is 2.30. The van der Waals surface area contributed by atoms with Crippen molar-refractivity contribution in [2.24, 2.45) is 0 Å². The van der Waals surface area contributed by atoms with Crippen LogP contribution in [-0.2, 0) is 0 Å². The third-order valence-corrected chi connectivity index (χ3v) is 4.00. The van der Waals surface area contributed by atoms with Gasteiger partial charge in [0.05, 0.1) is 11.4 Å². The number of anilines is 2. The Hall–Kier alpha value is -0.830. The number of benzene rings is 1. The number of rotatable bonds is 2. The van der Waals surface area contributed by atoms with Crippen LogP contribution in [0.5, 0.6) is 0 Å². The minimum Gasteiger partial charge on any atom is -0.397 e. The van der Waals surface area contributed by atoms with Crippen molar-refractivity contribution in [2.45, 2.75) is 24.6 Å². The molecule has 1 aromatic carbocycles. The zero-order valence-electron chi connectivity index (χ0n) is 8.36. The Morgan fingerprint density at radius 2 is 2.21 bits per heavy atom. The second-order valence-electron chi connectivity index (χ2n) is 3.70. The summed E-state index contributed by atoms with van der Waals surface area (Å²) in [5.41, 5.74) is 7.79. The molecule has 0 spiro atoms. The van der Waals surface area contributed by atoms with E-state index in [1.807, 2.05) is 36.0 Å². The molecule has 14 heavy (non-hydrogen) atoms. The lowest BCUT2D eigenvalue weighted by atomic mass is 10.1. The summed E-state index contributed by atoms with van der Waals surface area (Å²) in [6.07, 6.45) is 1.24. The predicted molar refractivity (Wildman–Crippen MR) is 64.8 cm³/mol. The maximum atomic E-state index is 5.87. The summed E-state index contributed by atoms with van der Waals surface area (Å²) in [6, 6.07) is 8.54. The normalized spacial score (nSPS) is 26.4. The van der Waals surface area contributed by atoms with E-state index in [0.717, 1.165) is 11.4 Å². The van der Waals surface area contributed by atoms with E-state index in [0.29, 0.717) is 11.3 Å². The van der Waals surface area contributed by atoms with Gasteiger partial charge in [-0.25, -0.2) is 0 Å². The van der Waals surface area contributed by atoms with Crippen LogP contribution in [-0.4, -0.2) is 17.0 Å². The molecule has 2 nitrogen and oxygen atoms in total. The van der Waals surface area contributed by atoms with Crippen LogP contribution in [0.15, 0.2) is 24.3 Å². The SMILES string of the molecule is CC1SCCC1Nc1ccccc1N. The van der Waals surface area contributed by atoms with Crippen LogP contribution in [0.25, 0.3) is 0 Å². The molecular weight excluding hydrogens is 192 g/mol. The molecule has 0 aliphatic carbocycles. The first-order valence-corrected chi connectivity index (χ1v) is 6.05. The molecule has 76 valence electrons. The molecule has 3 heteroatoms. The number of nitrogens with one attached hydrogen (secondary N) is 1. The van der Waals surface area contributed by atoms with Gasteiger partial charge >= 0.3 is 0 Å². The van der Waals surface area contributed by atoms with Gasteiger partial charge in [0.25, 0.3) is 0 Å². The van der Waals surface area contributed by atoms with Gasteiger partial charge in [0.1, 0.15) is 0 Å². The zero-order chi connectivity index (χ0) is 9.97. The van der Waals surface area contributed by atoms with Crippen molar-refractivity contribution in [1.29, 1.82) is 0 Å². The minimum atomic E-state index is 0.574. The summed E-state index contributed by atoms with van der Waals surface area (Å²) in [5, 5.41) is 4.20. The summed E-state index contributed by atoms with van der Waals surface area (Å²) in [6.45, 7) is 2.27. The number of hydrogen-bond donors (Lipinski definition) is 2. The van der Waals surface area contributed by atoms with Gasteiger partial charge < -0.3 is 11.1 Å². The molecule has 0 radical (unpaired) electrons. The van der Waals surface area contributed by atoms with Crippen molar-refractivity contribution in [1.82, 2.24) is 0 Å². The summed E-state index contributed by atoms with van der Waals surface area (Å²) in [5.74, 6) is 1.26. The van der Waals surface area contributed by atoms with E-state index < -0.39 is 0 Å². The van der Waals surface area contributed by atoms with Gasteiger partial charge in [-0.2, -0.15) is 11.8 Å². The van der Waals surface area contributed by atoms with E-state index in [-0.39, 0.29) is 0 Å². The number of para-hydroxylation sites is 2. The van der Waals surface area contributed by atoms with E-state index in [1.165, 1.54) is 12.2 Å². The third kappa shape index (κ3) is 1.98. The van der Waals surface area contributed by atoms with Gasteiger partial charge in [-0.05, 0) is 24.3 Å². The summed E-state index contributed by atoms with van der Waals surface area (Å²) >= 11 is 2.03. The van der Waals surface area contributed by atoms with Crippen LogP contribution in [0.4, 0.5) is 11.4 Å². The molecule has 0 aromatic heterocycles. The number of hydrogen-bond acceptors (Lipinski definition) is 3. The Labute approximate surface area is 89.3 Å². The van der Waals surface area contributed by atoms with Gasteiger partial charge in [-0.3, -0.25) is 0 Å². The van der Waals surface area contributed by atoms with Gasteiger partial charge in [-0.1, -0.05) is 19.1 Å². The van der Waals surface area contributed by atoms with Crippen molar-refractivity contribution in [2.75, 3.05) is 16.8 Å². The molecule has 2 atom stereocenters. The number of nitrogen functional groups attached to an aromatic ring is 1. The standard InChI is InChI=1S/C11H16N2S/c1-8-10(6-7-14-8)13-11-5-3-2-4-9(11)12/h2-5,8,10,13H,6-7,12H2,1H3. The monoisotopic (exact) mass is 208 g/mol. The highest BCUT2D eigenvalue weighted by Gasteiger charge is 2.23. The third-order valence-electron chi connectivity index (χ3n) is 2.68. The van der Waals surface area contributed by atoms with E-state index in [2.05, 4.69) is 12.2 Å². The lowest BCUT2D eigenvalue weighted by molar-refractivity contribution is 0.725. The lowest BCUT2D eigenvalue weighted by Gasteiger charge is -2.18. The Morgan fingerprint density at radius 1 is 1.43 bits per heavy atom. The highest BCUT2D eigenvalue weighted by molar-refractivity contribution is 8.00. The molecule has 0 saturated carbocycles. The van der Waals surface area contributed by atoms with Crippen molar-refractivity contribution < 1.29 is 0 Å². The first-order chi connectivity index (χ1) is 6.77. The summed E-state index contributed by atoms with van der Waals surface area (Å²) in [4.78, 5) is 0. The summed E-state index contributed by atoms with van der Waals surface area (Å²) < 4.78 is 0. The summed E-state index contributed by atoms with van der Waals surface area (Å²) in [7, 11) is 0. The van der Waals surface area contributed by atoms with E-state index >= 15 is 0 Å².